The van der Waals surface area contributed by atoms with Crippen LogP contribution in [0.4, 0.5) is 0 Å². The van der Waals surface area contributed by atoms with Crippen LogP contribution in [-0.2, 0) is 16.6 Å². The first kappa shape index (κ1) is 23.2. The lowest BCUT2D eigenvalue weighted by Crippen LogP contribution is -2.23. The van der Waals surface area contributed by atoms with Crippen LogP contribution in [0, 0.1) is 5.41 Å². The zero-order chi connectivity index (χ0) is 23.8. The van der Waals surface area contributed by atoms with Gasteiger partial charge >= 0.3 is 0 Å². The quantitative estimate of drug-likeness (QED) is 0.290. The maximum absolute atomic E-state index is 13.3. The summed E-state index contributed by atoms with van der Waals surface area (Å²) in [5.41, 5.74) is 3.92. The average Bonchev–Trinajstić information content (AvgIpc) is 3.62. The van der Waals surface area contributed by atoms with Gasteiger partial charge in [-0.1, -0.05) is 42.5 Å². The molecule has 4 N–H and O–H groups in total. The van der Waals surface area contributed by atoms with Crippen LogP contribution in [0.25, 0.3) is 11.1 Å². The van der Waals surface area contributed by atoms with E-state index in [0.29, 0.717) is 16.9 Å². The Hall–Kier alpha value is -2.93. The Bertz CT molecular complexity index is 1210. The highest BCUT2D eigenvalue weighted by molar-refractivity contribution is 8.24. The number of phenolic OH excluding ortho intramolecular Hbond substituents is 1. The lowest BCUT2D eigenvalue weighted by atomic mass is 9.86. The zero-order valence-corrected chi connectivity index (χ0v) is 19.7. The Kier molecular flexibility index (Phi) is 6.18. The van der Waals surface area contributed by atoms with Crippen molar-refractivity contribution in [3.8, 4) is 16.9 Å². The van der Waals surface area contributed by atoms with Gasteiger partial charge < -0.3 is 10.5 Å². The van der Waals surface area contributed by atoms with Gasteiger partial charge in [0.05, 0.1) is 10.3 Å². The van der Waals surface area contributed by atoms with Crippen molar-refractivity contribution < 1.29 is 19.0 Å². The van der Waals surface area contributed by atoms with E-state index < -0.39 is 16.0 Å². The Labute approximate surface area is 196 Å². The zero-order valence-electron chi connectivity index (χ0n) is 18.8. The van der Waals surface area contributed by atoms with E-state index >= 15 is 0 Å². The van der Waals surface area contributed by atoms with Crippen molar-refractivity contribution in [3.05, 3.63) is 83.4 Å². The van der Waals surface area contributed by atoms with Crippen molar-refractivity contribution in [2.75, 3.05) is 5.75 Å². The Morgan fingerprint density at radius 2 is 1.70 bits per heavy atom. The van der Waals surface area contributed by atoms with Crippen LogP contribution in [-0.4, -0.2) is 31.5 Å². The van der Waals surface area contributed by atoms with Crippen molar-refractivity contribution in [2.24, 2.45) is 0 Å². The monoisotopic (exact) mass is 463 g/mol. The molecule has 0 aromatic heterocycles. The predicted molar refractivity (Wildman–Crippen MR) is 134 cm³/mol. The molecule has 0 radical (unpaired) electrons. The summed E-state index contributed by atoms with van der Waals surface area (Å²) >= 11 is 0. The third-order valence-corrected chi connectivity index (χ3v) is 8.33. The van der Waals surface area contributed by atoms with Gasteiger partial charge in [0.25, 0.3) is 0 Å². The van der Waals surface area contributed by atoms with Crippen LogP contribution < -0.4 is 0 Å². The van der Waals surface area contributed by atoms with E-state index in [-0.39, 0.29) is 23.0 Å². The van der Waals surface area contributed by atoms with Gasteiger partial charge in [-0.15, -0.1) is 0 Å². The molecule has 3 aromatic carbocycles. The molecule has 0 spiro atoms. The second kappa shape index (κ2) is 8.78. The number of hydrogen-bond acceptors (Lipinski definition) is 5. The minimum Gasteiger partial charge on any atom is -0.507 e. The largest absolute Gasteiger partial charge is 0.507 e. The van der Waals surface area contributed by atoms with Crippen LogP contribution in [0.15, 0.2) is 71.6 Å². The van der Waals surface area contributed by atoms with Gasteiger partial charge in [0.1, 0.15) is 11.5 Å². The molecule has 172 valence electrons. The second-order valence-electron chi connectivity index (χ2n) is 8.72. The summed E-state index contributed by atoms with van der Waals surface area (Å²) in [5.74, 6) is 0.493. The molecule has 6 heteroatoms. The highest BCUT2D eigenvalue weighted by Crippen LogP contribution is 2.50. The number of carbonyl (C=O) groups excluding carboxylic acids is 1. The van der Waals surface area contributed by atoms with Gasteiger partial charge in [0.2, 0.25) is 0 Å². The second-order valence-corrected chi connectivity index (χ2v) is 11.1. The molecule has 5 nitrogen and oxygen atoms in total. The maximum Gasteiger partial charge on any atom is 0.147 e. The van der Waals surface area contributed by atoms with E-state index in [2.05, 4.69) is 0 Å². The first-order valence-electron chi connectivity index (χ1n) is 11.0. The molecule has 0 saturated heterocycles. The minimum atomic E-state index is -2.74. The number of phenols is 1. The summed E-state index contributed by atoms with van der Waals surface area (Å²) in [7, 11) is -2.74. The predicted octanol–water partition coefficient (Wildman–Crippen LogP) is 6.42. The van der Waals surface area contributed by atoms with Crippen molar-refractivity contribution >= 4 is 22.1 Å². The Morgan fingerprint density at radius 3 is 2.30 bits per heavy atom. The van der Waals surface area contributed by atoms with Crippen molar-refractivity contribution in [1.82, 2.24) is 0 Å². The Balaban J connectivity index is 1.55. The van der Waals surface area contributed by atoms with Crippen molar-refractivity contribution in [2.45, 2.75) is 43.4 Å². The first-order valence-corrected chi connectivity index (χ1v) is 12.8. The lowest BCUT2D eigenvalue weighted by Gasteiger charge is -2.30. The van der Waals surface area contributed by atoms with Crippen LogP contribution in [0.5, 0.6) is 5.75 Å². The third-order valence-electron chi connectivity index (χ3n) is 6.50. The number of carbonyl (C=O) groups is 1. The molecule has 0 amide bonds. The molecule has 4 rings (SSSR count). The van der Waals surface area contributed by atoms with Crippen molar-refractivity contribution in [3.63, 3.8) is 0 Å². The SMILES string of the molecule is CCS(O)(O)c1ccc(-c2cccc(CC(=O)C3(c4ccc(O)c(C(C)=N)c4)CC3)c2)cc1. The number of nitrogens with one attached hydrogen (secondary N) is 1. The molecule has 1 saturated carbocycles. The van der Waals surface area contributed by atoms with E-state index in [1.54, 1.807) is 44.2 Å². The molecular formula is C27H29NO4S. The van der Waals surface area contributed by atoms with Gasteiger partial charge in [-0.25, -0.2) is 0 Å². The molecule has 0 unspecified atom stereocenters. The van der Waals surface area contributed by atoms with E-state index in [1.807, 2.05) is 36.4 Å². The third kappa shape index (κ3) is 4.60. The fourth-order valence-corrected chi connectivity index (χ4v) is 5.14. The number of benzene rings is 3. The molecule has 1 aliphatic carbocycles. The molecule has 1 fully saturated rings. The van der Waals surface area contributed by atoms with Gasteiger partial charge in [-0.05, 0) is 73.2 Å². The van der Waals surface area contributed by atoms with Crippen LogP contribution >= 0.6 is 10.6 Å². The summed E-state index contributed by atoms with van der Waals surface area (Å²) in [4.78, 5) is 13.9. The standard InChI is InChI=1S/C27H29NO4S/c1-3-33(31,32)23-10-7-20(8-11-23)21-6-4-5-19(15-21)16-26(30)27(13-14-27)22-9-12-25(29)24(17-22)18(2)28/h4-12,15,17,28-29,31-32H,3,13-14,16H2,1-2H3. The summed E-state index contributed by atoms with van der Waals surface area (Å²) in [6.45, 7) is 3.38. The summed E-state index contributed by atoms with van der Waals surface area (Å²) in [6, 6.07) is 20.3. The fourth-order valence-electron chi connectivity index (χ4n) is 4.24. The molecule has 33 heavy (non-hydrogen) atoms. The normalized spacial score (nSPS) is 15.2. The lowest BCUT2D eigenvalue weighted by molar-refractivity contribution is -0.120. The van der Waals surface area contributed by atoms with E-state index in [9.17, 15) is 19.0 Å². The van der Waals surface area contributed by atoms with E-state index in [0.717, 1.165) is 35.1 Å². The molecule has 0 bridgehead atoms. The van der Waals surface area contributed by atoms with Gasteiger partial charge in [-0.2, -0.15) is 10.6 Å². The molecule has 3 aromatic rings. The summed E-state index contributed by atoms with van der Waals surface area (Å²) in [5, 5.41) is 17.9. The van der Waals surface area contributed by atoms with Gasteiger partial charge in [-0.3, -0.25) is 13.9 Å². The van der Waals surface area contributed by atoms with Gasteiger partial charge in [0.15, 0.2) is 0 Å². The van der Waals surface area contributed by atoms with Crippen LogP contribution in [0.1, 0.15) is 43.4 Å². The van der Waals surface area contributed by atoms with Gasteiger partial charge in [0, 0.05) is 23.4 Å². The summed E-state index contributed by atoms with van der Waals surface area (Å²) in [6.07, 6.45) is 1.86. The number of hydrogen-bond donors (Lipinski definition) is 4. The van der Waals surface area contributed by atoms with E-state index in [1.165, 1.54) is 0 Å². The smallest absolute Gasteiger partial charge is 0.147 e. The minimum absolute atomic E-state index is 0.0633. The molecule has 0 atom stereocenters. The summed E-state index contributed by atoms with van der Waals surface area (Å²) < 4.78 is 20.2. The van der Waals surface area contributed by atoms with E-state index in [4.69, 9.17) is 5.41 Å². The fraction of sp³-hybridized carbons (Fsp3) is 0.259. The topological polar surface area (TPSA) is 102 Å². The molecule has 0 aliphatic heterocycles. The highest BCUT2D eigenvalue weighted by Gasteiger charge is 2.50. The molecular weight excluding hydrogens is 434 g/mol. The maximum atomic E-state index is 13.3. The highest BCUT2D eigenvalue weighted by atomic mass is 32.3. The molecule has 1 aliphatic rings. The Morgan fingerprint density at radius 1 is 1.00 bits per heavy atom. The number of ketones is 1. The average molecular weight is 464 g/mol. The van der Waals surface area contributed by atoms with Crippen LogP contribution in [0.2, 0.25) is 0 Å². The van der Waals surface area contributed by atoms with Crippen molar-refractivity contribution in [1.29, 1.82) is 5.41 Å². The van der Waals surface area contributed by atoms with Crippen LogP contribution in [0.3, 0.4) is 0 Å². The number of rotatable bonds is 8. The molecule has 0 heterocycles. The number of aromatic hydroxyl groups is 1. The first-order chi connectivity index (χ1) is 15.7. The number of Topliss-reactive ketones (excluding diaryl/α,β-unsaturated/α-hetero) is 1.